The summed E-state index contributed by atoms with van der Waals surface area (Å²) < 4.78 is 13.0. The monoisotopic (exact) mass is 718 g/mol. The fraction of sp³-hybridized carbons (Fsp3) is 0. The van der Waals surface area contributed by atoms with Crippen LogP contribution in [0.2, 0.25) is 0 Å². The molecule has 0 saturated carbocycles. The van der Waals surface area contributed by atoms with Crippen molar-refractivity contribution < 1.29 is 8.83 Å². The molecule has 0 saturated heterocycles. The zero-order valence-corrected chi connectivity index (χ0v) is 29.9. The van der Waals surface area contributed by atoms with Crippen molar-refractivity contribution in [2.45, 2.75) is 0 Å². The van der Waals surface area contributed by atoms with E-state index >= 15 is 0 Å². The highest BCUT2D eigenvalue weighted by molar-refractivity contribution is 6.17. The Bertz CT molecular complexity index is 3240. The summed E-state index contributed by atoms with van der Waals surface area (Å²) in [6.07, 6.45) is 0. The highest BCUT2D eigenvalue weighted by Crippen LogP contribution is 2.43. The van der Waals surface area contributed by atoms with Crippen molar-refractivity contribution in [3.63, 3.8) is 0 Å². The summed E-state index contributed by atoms with van der Waals surface area (Å²) >= 11 is 0. The van der Waals surface area contributed by atoms with Gasteiger partial charge >= 0.3 is 0 Å². The van der Waals surface area contributed by atoms with Crippen LogP contribution in [0, 0.1) is 0 Å². The minimum atomic E-state index is 0.572. The summed E-state index contributed by atoms with van der Waals surface area (Å²) in [5, 5.41) is 4.14. The molecule has 0 N–H and O–H groups in total. The van der Waals surface area contributed by atoms with Crippen molar-refractivity contribution in [2.24, 2.45) is 0 Å². The van der Waals surface area contributed by atoms with Crippen molar-refractivity contribution in [1.29, 1.82) is 0 Å². The van der Waals surface area contributed by atoms with Gasteiger partial charge in [0.15, 0.2) is 23.1 Å². The predicted octanol–water partition coefficient (Wildman–Crippen LogP) is 13.1. The number of para-hydroxylation sites is 1. The van der Waals surface area contributed by atoms with Gasteiger partial charge < -0.3 is 8.83 Å². The lowest BCUT2D eigenvalue weighted by molar-refractivity contribution is 0.620. The van der Waals surface area contributed by atoms with Crippen LogP contribution in [-0.4, -0.2) is 19.9 Å². The smallest absolute Gasteiger partial charge is 0.227 e. The molecular weight excluding hydrogens is 689 g/mol. The van der Waals surface area contributed by atoms with Gasteiger partial charge in [-0.3, -0.25) is 0 Å². The second kappa shape index (κ2) is 13.0. The van der Waals surface area contributed by atoms with Crippen LogP contribution in [0.3, 0.4) is 0 Å². The Hall–Kier alpha value is -7.70. The number of oxazole rings is 1. The SMILES string of the molecule is c1ccc(-c2cccc(-c3nc(-c4ccccc4)nc(-c4ccc5cc(-c6c7nc(-c8ccccc8)oc7cc7c6oc6ccccc67)ccc5c4)n3)c2)cc1. The van der Waals surface area contributed by atoms with Gasteiger partial charge in [-0.2, -0.15) is 0 Å². The van der Waals surface area contributed by atoms with Crippen LogP contribution in [0.4, 0.5) is 0 Å². The number of furan rings is 1. The van der Waals surface area contributed by atoms with E-state index in [4.69, 9.17) is 28.8 Å². The maximum atomic E-state index is 6.57. The third kappa shape index (κ3) is 5.51. The van der Waals surface area contributed by atoms with E-state index in [2.05, 4.69) is 97.1 Å². The van der Waals surface area contributed by atoms with Gasteiger partial charge in [0.05, 0.1) is 5.56 Å². The maximum Gasteiger partial charge on any atom is 0.227 e. The van der Waals surface area contributed by atoms with Gasteiger partial charge in [0.25, 0.3) is 0 Å². The van der Waals surface area contributed by atoms with Gasteiger partial charge in [-0.1, -0.05) is 140 Å². The molecule has 11 aromatic rings. The molecular formula is C50H30N4O2. The fourth-order valence-electron chi connectivity index (χ4n) is 7.57. The first-order valence-electron chi connectivity index (χ1n) is 18.5. The summed E-state index contributed by atoms with van der Waals surface area (Å²) in [6.45, 7) is 0. The minimum absolute atomic E-state index is 0.572. The lowest BCUT2D eigenvalue weighted by Gasteiger charge is -2.11. The first-order chi connectivity index (χ1) is 27.7. The Morgan fingerprint density at radius 2 is 0.875 bits per heavy atom. The van der Waals surface area contributed by atoms with E-state index in [1.807, 2.05) is 84.9 Å². The lowest BCUT2D eigenvalue weighted by atomic mass is 9.97. The number of aromatic nitrogens is 4. The molecule has 6 nitrogen and oxygen atoms in total. The average molecular weight is 719 g/mol. The Kier molecular flexibility index (Phi) is 7.38. The fourth-order valence-corrected chi connectivity index (χ4v) is 7.57. The highest BCUT2D eigenvalue weighted by Gasteiger charge is 2.22. The van der Waals surface area contributed by atoms with Crippen LogP contribution in [0.25, 0.3) is 112 Å². The van der Waals surface area contributed by atoms with Crippen molar-refractivity contribution in [1.82, 2.24) is 19.9 Å². The highest BCUT2D eigenvalue weighted by atomic mass is 16.4. The van der Waals surface area contributed by atoms with Gasteiger partial charge in [-0.05, 0) is 69.9 Å². The van der Waals surface area contributed by atoms with E-state index in [1.54, 1.807) is 0 Å². The summed E-state index contributed by atoms with van der Waals surface area (Å²) in [5.74, 6) is 2.42. The van der Waals surface area contributed by atoms with Gasteiger partial charge in [0.1, 0.15) is 16.7 Å². The standard InChI is InChI=1S/C50H30N4O2/c1-4-13-31(14-5-1)34-19-12-20-38(28-34)48-52-47(32-15-6-2-7-16-32)53-49(54-48)39-26-24-35-27-37(25-23-36(35)29-39)44-45-43(56-50(51-45)33-17-8-3-9-18-33)30-41-40-21-10-11-22-42(40)55-46(41)44/h1-30H. The van der Waals surface area contributed by atoms with Crippen molar-refractivity contribution in [3.05, 3.63) is 182 Å². The molecule has 0 bridgehead atoms. The second-order valence-electron chi connectivity index (χ2n) is 13.9. The number of nitrogens with zero attached hydrogens (tertiary/aromatic N) is 4. The molecule has 3 aromatic heterocycles. The van der Waals surface area contributed by atoms with Gasteiger partial charge in [-0.15, -0.1) is 0 Å². The largest absolute Gasteiger partial charge is 0.455 e. The predicted molar refractivity (Wildman–Crippen MR) is 225 cm³/mol. The van der Waals surface area contributed by atoms with E-state index < -0.39 is 0 Å². The third-order valence-electron chi connectivity index (χ3n) is 10.3. The van der Waals surface area contributed by atoms with E-state index in [9.17, 15) is 0 Å². The first-order valence-corrected chi connectivity index (χ1v) is 18.5. The zero-order chi connectivity index (χ0) is 37.0. The molecule has 0 aliphatic rings. The van der Waals surface area contributed by atoms with E-state index in [-0.39, 0.29) is 0 Å². The van der Waals surface area contributed by atoms with Crippen LogP contribution in [0.5, 0.6) is 0 Å². The van der Waals surface area contributed by atoms with Crippen LogP contribution in [0.15, 0.2) is 191 Å². The number of hydrogen-bond acceptors (Lipinski definition) is 6. The quantitative estimate of drug-likeness (QED) is 0.170. The van der Waals surface area contributed by atoms with Crippen molar-refractivity contribution in [3.8, 4) is 67.9 Å². The minimum Gasteiger partial charge on any atom is -0.455 e. The van der Waals surface area contributed by atoms with E-state index in [1.165, 1.54) is 0 Å². The summed E-state index contributed by atoms with van der Waals surface area (Å²) in [4.78, 5) is 20.1. The topological polar surface area (TPSA) is 77.8 Å². The molecule has 0 radical (unpaired) electrons. The maximum absolute atomic E-state index is 6.57. The molecule has 0 amide bonds. The van der Waals surface area contributed by atoms with Crippen molar-refractivity contribution >= 4 is 43.8 Å². The summed E-state index contributed by atoms with van der Waals surface area (Å²) in [6, 6.07) is 61.8. The molecule has 0 spiro atoms. The van der Waals surface area contributed by atoms with Crippen LogP contribution < -0.4 is 0 Å². The van der Waals surface area contributed by atoms with E-state index in [0.29, 0.717) is 28.9 Å². The average Bonchev–Trinajstić information content (AvgIpc) is 3.87. The van der Waals surface area contributed by atoms with Crippen LogP contribution >= 0.6 is 0 Å². The Labute approximate surface area is 321 Å². The van der Waals surface area contributed by atoms with Gasteiger partial charge in [0, 0.05) is 33.0 Å². The molecule has 0 fully saturated rings. The number of benzene rings is 8. The number of fused-ring (bicyclic) bond motifs is 5. The van der Waals surface area contributed by atoms with Gasteiger partial charge in [0.2, 0.25) is 5.89 Å². The molecule has 11 rings (SSSR count). The molecule has 0 aliphatic carbocycles. The molecule has 262 valence electrons. The number of rotatable bonds is 6. The Morgan fingerprint density at radius 1 is 0.321 bits per heavy atom. The number of hydrogen-bond donors (Lipinski definition) is 0. The van der Waals surface area contributed by atoms with Crippen LogP contribution in [-0.2, 0) is 0 Å². The second-order valence-corrected chi connectivity index (χ2v) is 13.9. The van der Waals surface area contributed by atoms with Crippen LogP contribution in [0.1, 0.15) is 0 Å². The lowest BCUT2D eigenvalue weighted by Crippen LogP contribution is -2.00. The Morgan fingerprint density at radius 3 is 1.61 bits per heavy atom. The summed E-state index contributed by atoms with van der Waals surface area (Å²) in [7, 11) is 0. The first kappa shape index (κ1) is 31.8. The van der Waals surface area contributed by atoms with E-state index in [0.717, 1.165) is 82.7 Å². The normalized spacial score (nSPS) is 11.6. The molecule has 56 heavy (non-hydrogen) atoms. The molecule has 0 atom stereocenters. The molecule has 0 unspecified atom stereocenters. The van der Waals surface area contributed by atoms with Gasteiger partial charge in [-0.25, -0.2) is 19.9 Å². The van der Waals surface area contributed by atoms with Crippen molar-refractivity contribution in [2.75, 3.05) is 0 Å². The Balaban J connectivity index is 1.05. The zero-order valence-electron chi connectivity index (χ0n) is 29.9. The summed E-state index contributed by atoms with van der Waals surface area (Å²) in [5.41, 5.74) is 10.9. The third-order valence-corrected chi connectivity index (χ3v) is 10.3. The molecule has 3 heterocycles. The molecule has 6 heteroatoms. The molecule has 8 aromatic carbocycles. The molecule has 0 aliphatic heterocycles.